The molecule has 1 aromatic carbocycles. The highest BCUT2D eigenvalue weighted by atomic mass is 32.1. The summed E-state index contributed by atoms with van der Waals surface area (Å²) in [7, 11) is 0. The number of fused-ring (bicyclic) bond motifs is 1. The van der Waals surface area contributed by atoms with E-state index in [1.807, 2.05) is 29.6 Å². The van der Waals surface area contributed by atoms with E-state index in [9.17, 15) is 4.79 Å². The molecular formula is C16H17NO2S. The van der Waals surface area contributed by atoms with Gasteiger partial charge < -0.3 is 10.1 Å². The van der Waals surface area contributed by atoms with Crippen molar-refractivity contribution in [3.63, 3.8) is 0 Å². The lowest BCUT2D eigenvalue weighted by Crippen LogP contribution is -2.24. The molecule has 104 valence electrons. The van der Waals surface area contributed by atoms with Crippen LogP contribution in [0.2, 0.25) is 0 Å². The maximum atomic E-state index is 12.0. The van der Waals surface area contributed by atoms with Crippen LogP contribution in [0.5, 0.6) is 0 Å². The molecule has 3 rings (SSSR count). The number of benzene rings is 1. The van der Waals surface area contributed by atoms with Crippen LogP contribution in [0.1, 0.15) is 26.4 Å². The first kappa shape index (κ1) is 13.3. The van der Waals surface area contributed by atoms with E-state index in [0.29, 0.717) is 12.2 Å². The summed E-state index contributed by atoms with van der Waals surface area (Å²) in [6, 6.07) is 9.94. The molecule has 1 N–H and O–H groups in total. The third kappa shape index (κ3) is 3.08. The third-order valence-corrected chi connectivity index (χ3v) is 4.43. The number of esters is 1. The van der Waals surface area contributed by atoms with E-state index >= 15 is 0 Å². The molecular weight excluding hydrogens is 270 g/mol. The topological polar surface area (TPSA) is 38.3 Å². The standard InChI is InChI=1S/C16H17NO2S/c18-16(19-8-6-15-2-1-9-20-15)13-4-3-12-5-7-17-11-14(12)10-13/h1-4,9-10,17H,5-8,11H2. The van der Waals surface area contributed by atoms with Crippen LogP contribution in [0.25, 0.3) is 0 Å². The molecule has 3 nitrogen and oxygen atoms in total. The van der Waals surface area contributed by atoms with Crippen LogP contribution in [-0.4, -0.2) is 19.1 Å². The largest absolute Gasteiger partial charge is 0.462 e. The molecule has 2 heterocycles. The second kappa shape index (κ2) is 6.20. The normalized spacial score (nSPS) is 13.8. The van der Waals surface area contributed by atoms with Crippen molar-refractivity contribution in [1.29, 1.82) is 0 Å². The Morgan fingerprint density at radius 1 is 1.30 bits per heavy atom. The van der Waals surface area contributed by atoms with Gasteiger partial charge >= 0.3 is 5.97 Å². The van der Waals surface area contributed by atoms with Crippen molar-refractivity contribution in [2.24, 2.45) is 0 Å². The highest BCUT2D eigenvalue weighted by Gasteiger charge is 2.13. The molecule has 0 radical (unpaired) electrons. The van der Waals surface area contributed by atoms with Gasteiger partial charge in [-0.3, -0.25) is 0 Å². The molecule has 0 fully saturated rings. The molecule has 0 saturated carbocycles. The van der Waals surface area contributed by atoms with Gasteiger partial charge in [0.15, 0.2) is 0 Å². The molecule has 0 atom stereocenters. The Kier molecular flexibility index (Phi) is 4.14. The lowest BCUT2D eigenvalue weighted by molar-refractivity contribution is 0.0510. The minimum atomic E-state index is -0.227. The van der Waals surface area contributed by atoms with Crippen LogP contribution in [-0.2, 0) is 24.1 Å². The van der Waals surface area contributed by atoms with Gasteiger partial charge in [0.1, 0.15) is 0 Å². The van der Waals surface area contributed by atoms with Crippen molar-refractivity contribution >= 4 is 17.3 Å². The first-order chi connectivity index (χ1) is 9.83. The molecule has 2 aromatic rings. The van der Waals surface area contributed by atoms with Crippen LogP contribution < -0.4 is 5.32 Å². The number of nitrogens with one attached hydrogen (secondary N) is 1. The summed E-state index contributed by atoms with van der Waals surface area (Å²) in [5.74, 6) is -0.227. The quantitative estimate of drug-likeness (QED) is 0.879. The molecule has 1 aliphatic rings. The molecule has 1 aliphatic heterocycles. The number of carbonyl (C=O) groups excluding carboxylic acids is 1. The van der Waals surface area contributed by atoms with Gasteiger partial charge in [0.2, 0.25) is 0 Å². The van der Waals surface area contributed by atoms with Crippen molar-refractivity contribution in [3.05, 3.63) is 57.3 Å². The van der Waals surface area contributed by atoms with Gasteiger partial charge in [-0.25, -0.2) is 4.79 Å². The first-order valence-corrected chi connectivity index (χ1v) is 7.73. The molecule has 0 amide bonds. The van der Waals surface area contributed by atoms with E-state index in [1.54, 1.807) is 11.3 Å². The number of carbonyl (C=O) groups is 1. The molecule has 1 aromatic heterocycles. The zero-order valence-corrected chi connectivity index (χ0v) is 12.0. The summed E-state index contributed by atoms with van der Waals surface area (Å²) >= 11 is 1.69. The molecule has 4 heteroatoms. The fourth-order valence-corrected chi connectivity index (χ4v) is 3.08. The molecule has 0 saturated heterocycles. The van der Waals surface area contributed by atoms with E-state index in [4.69, 9.17) is 4.74 Å². The Morgan fingerprint density at radius 2 is 2.25 bits per heavy atom. The summed E-state index contributed by atoms with van der Waals surface area (Å²) < 4.78 is 5.34. The van der Waals surface area contributed by atoms with Crippen molar-refractivity contribution < 1.29 is 9.53 Å². The lowest BCUT2D eigenvalue weighted by Gasteiger charge is -2.17. The Labute approximate surface area is 122 Å². The maximum absolute atomic E-state index is 12.0. The molecule has 0 unspecified atom stereocenters. The van der Waals surface area contributed by atoms with Crippen molar-refractivity contribution in [2.45, 2.75) is 19.4 Å². The Balaban J connectivity index is 1.59. The smallest absolute Gasteiger partial charge is 0.338 e. The van der Waals surface area contributed by atoms with Gasteiger partial charge in [-0.2, -0.15) is 0 Å². The van der Waals surface area contributed by atoms with Crippen molar-refractivity contribution in [1.82, 2.24) is 5.32 Å². The summed E-state index contributed by atoms with van der Waals surface area (Å²) in [5.41, 5.74) is 3.20. The van der Waals surface area contributed by atoms with Crippen LogP contribution in [0, 0.1) is 0 Å². The molecule has 0 spiro atoms. The summed E-state index contributed by atoms with van der Waals surface area (Å²) in [6.07, 6.45) is 1.82. The van der Waals surface area contributed by atoms with Gasteiger partial charge in [0.25, 0.3) is 0 Å². The predicted octanol–water partition coefficient (Wildman–Crippen LogP) is 2.79. The number of rotatable bonds is 4. The predicted molar refractivity (Wildman–Crippen MR) is 80.2 cm³/mol. The van der Waals surface area contributed by atoms with Gasteiger partial charge in [0, 0.05) is 17.8 Å². The number of hydrogen-bond acceptors (Lipinski definition) is 4. The zero-order chi connectivity index (χ0) is 13.8. The van der Waals surface area contributed by atoms with E-state index in [1.165, 1.54) is 16.0 Å². The monoisotopic (exact) mass is 287 g/mol. The van der Waals surface area contributed by atoms with Crippen molar-refractivity contribution in [3.8, 4) is 0 Å². The van der Waals surface area contributed by atoms with Gasteiger partial charge in [-0.05, 0) is 47.7 Å². The second-order valence-electron chi connectivity index (χ2n) is 4.88. The average molecular weight is 287 g/mol. The average Bonchev–Trinajstić information content (AvgIpc) is 3.00. The maximum Gasteiger partial charge on any atom is 0.338 e. The van der Waals surface area contributed by atoms with Crippen LogP contribution in [0.15, 0.2) is 35.7 Å². The Bertz CT molecular complexity index is 593. The SMILES string of the molecule is O=C(OCCc1cccs1)c1ccc2c(c1)CNCC2. The first-order valence-electron chi connectivity index (χ1n) is 6.85. The molecule has 20 heavy (non-hydrogen) atoms. The van der Waals surface area contributed by atoms with Crippen LogP contribution >= 0.6 is 11.3 Å². The van der Waals surface area contributed by atoms with Gasteiger partial charge in [0.05, 0.1) is 12.2 Å². The lowest BCUT2D eigenvalue weighted by atomic mass is 9.99. The van der Waals surface area contributed by atoms with E-state index in [0.717, 1.165) is 25.9 Å². The fourth-order valence-electron chi connectivity index (χ4n) is 2.39. The molecule has 0 bridgehead atoms. The summed E-state index contributed by atoms with van der Waals surface area (Å²) in [5, 5.41) is 5.35. The highest BCUT2D eigenvalue weighted by Crippen LogP contribution is 2.17. The van der Waals surface area contributed by atoms with Gasteiger partial charge in [-0.1, -0.05) is 12.1 Å². The fraction of sp³-hybridized carbons (Fsp3) is 0.312. The highest BCUT2D eigenvalue weighted by molar-refractivity contribution is 7.09. The van der Waals surface area contributed by atoms with E-state index in [-0.39, 0.29) is 5.97 Å². The second-order valence-corrected chi connectivity index (χ2v) is 5.91. The number of ether oxygens (including phenoxy) is 1. The molecule has 0 aliphatic carbocycles. The zero-order valence-electron chi connectivity index (χ0n) is 11.2. The van der Waals surface area contributed by atoms with Crippen molar-refractivity contribution in [2.75, 3.05) is 13.2 Å². The number of thiophene rings is 1. The number of hydrogen-bond donors (Lipinski definition) is 1. The third-order valence-electron chi connectivity index (χ3n) is 3.49. The van der Waals surface area contributed by atoms with Crippen LogP contribution in [0.3, 0.4) is 0 Å². The Morgan fingerprint density at radius 3 is 3.10 bits per heavy atom. The minimum absolute atomic E-state index is 0.227. The van der Waals surface area contributed by atoms with Gasteiger partial charge in [-0.15, -0.1) is 11.3 Å². The van der Waals surface area contributed by atoms with E-state index in [2.05, 4.69) is 11.4 Å². The summed E-state index contributed by atoms with van der Waals surface area (Å²) in [6.45, 7) is 2.29. The van der Waals surface area contributed by atoms with E-state index < -0.39 is 0 Å². The summed E-state index contributed by atoms with van der Waals surface area (Å²) in [4.78, 5) is 13.3. The van der Waals surface area contributed by atoms with Crippen LogP contribution in [0.4, 0.5) is 0 Å². The minimum Gasteiger partial charge on any atom is -0.462 e. The Hall–Kier alpha value is -1.65.